The number of hydrogen-bond acceptors (Lipinski definition) is 5. The first-order valence-corrected chi connectivity index (χ1v) is 13.2. The first-order chi connectivity index (χ1) is 17.8. The quantitative estimate of drug-likeness (QED) is 0.462. The lowest BCUT2D eigenvalue weighted by Gasteiger charge is -2.37. The summed E-state index contributed by atoms with van der Waals surface area (Å²) in [6.07, 6.45) is -13.9. The van der Waals surface area contributed by atoms with Crippen LogP contribution in [0.3, 0.4) is 0 Å². The van der Waals surface area contributed by atoms with Crippen molar-refractivity contribution in [3.05, 3.63) is 28.8 Å². The summed E-state index contributed by atoms with van der Waals surface area (Å²) in [5, 5.41) is 0.626. The van der Waals surface area contributed by atoms with Crippen molar-refractivity contribution in [3.63, 3.8) is 0 Å². The number of hydrogen-bond donors (Lipinski definition) is 0. The predicted octanol–water partition coefficient (Wildman–Crippen LogP) is 5.26. The number of carbonyl (C=O) groups is 1. The second-order valence-electron chi connectivity index (χ2n) is 10.5. The zero-order valence-electron chi connectivity index (χ0n) is 21.2. The van der Waals surface area contributed by atoms with Gasteiger partial charge in [-0.2, -0.15) is 26.3 Å². The van der Waals surface area contributed by atoms with Crippen LogP contribution in [0.15, 0.2) is 18.2 Å². The van der Waals surface area contributed by atoms with Crippen LogP contribution in [-0.4, -0.2) is 98.7 Å². The second-order valence-corrected chi connectivity index (χ2v) is 11.0. The molecule has 0 aliphatic carbocycles. The summed E-state index contributed by atoms with van der Waals surface area (Å²) in [5.41, 5.74) is 2.09. The molecule has 0 saturated carbocycles. The molecule has 0 spiro atoms. The van der Waals surface area contributed by atoms with E-state index in [1.165, 1.54) is 6.42 Å². The monoisotopic (exact) mass is 570 g/mol. The SMILES string of the molecule is CN1CC2CCCN(c3cc(Cl)ccc3CN3CCN(C(=O)OC(C(F)(F)F)C(F)(F)F)CC3)CCC2C1. The molecule has 3 aliphatic rings. The third-order valence-electron chi connectivity index (χ3n) is 7.76. The first kappa shape index (κ1) is 29.1. The highest BCUT2D eigenvalue weighted by molar-refractivity contribution is 6.30. The third kappa shape index (κ3) is 7.18. The highest BCUT2D eigenvalue weighted by Crippen LogP contribution is 2.37. The number of anilines is 1. The Labute approximate surface area is 223 Å². The number of piperazine rings is 1. The van der Waals surface area contributed by atoms with Gasteiger partial charge in [-0.15, -0.1) is 0 Å². The van der Waals surface area contributed by atoms with Gasteiger partial charge in [0.2, 0.25) is 0 Å². The van der Waals surface area contributed by atoms with E-state index in [0.29, 0.717) is 17.5 Å². The minimum atomic E-state index is -5.73. The second kappa shape index (κ2) is 11.7. The number of nitrogens with zero attached hydrogens (tertiary/aromatic N) is 4. The van der Waals surface area contributed by atoms with Crippen molar-refractivity contribution >= 4 is 23.4 Å². The fraction of sp³-hybridized carbons (Fsp3) is 0.720. The summed E-state index contributed by atoms with van der Waals surface area (Å²) in [7, 11) is 2.17. The Bertz CT molecular complexity index is 956. The van der Waals surface area contributed by atoms with Crippen molar-refractivity contribution in [1.29, 1.82) is 0 Å². The molecule has 0 radical (unpaired) electrons. The molecule has 0 aromatic heterocycles. The highest BCUT2D eigenvalue weighted by Gasteiger charge is 2.60. The van der Waals surface area contributed by atoms with E-state index in [-0.39, 0.29) is 26.2 Å². The van der Waals surface area contributed by atoms with Crippen molar-refractivity contribution in [3.8, 4) is 0 Å². The molecule has 1 amide bonds. The molecular weight excluding hydrogens is 538 g/mol. The van der Waals surface area contributed by atoms with Crippen LogP contribution >= 0.6 is 11.6 Å². The zero-order valence-corrected chi connectivity index (χ0v) is 22.0. The standard InChI is InChI=1S/C25H33ClF6N4O2/c1-33-14-17-3-2-7-35(8-6-18(17)15-33)21-13-20(26)5-4-19(21)16-34-9-11-36(12-10-34)23(37)38-22(24(27,28)29)25(30,31)32/h4-5,13,17-18,22H,2-3,6-12,14-16H2,1H3. The maximum atomic E-state index is 12.8. The van der Waals surface area contributed by atoms with Crippen LogP contribution < -0.4 is 4.90 Å². The fourth-order valence-electron chi connectivity index (χ4n) is 5.84. The van der Waals surface area contributed by atoms with Gasteiger partial charge in [-0.05, 0) is 55.8 Å². The number of halogens is 7. The fourth-order valence-corrected chi connectivity index (χ4v) is 6.00. The average molecular weight is 571 g/mol. The van der Waals surface area contributed by atoms with Crippen molar-refractivity contribution in [2.24, 2.45) is 11.8 Å². The average Bonchev–Trinajstić information content (AvgIpc) is 3.16. The maximum Gasteiger partial charge on any atom is 0.434 e. The van der Waals surface area contributed by atoms with Gasteiger partial charge >= 0.3 is 18.4 Å². The number of fused-ring (bicyclic) bond motifs is 1. The van der Waals surface area contributed by atoms with E-state index in [2.05, 4.69) is 21.6 Å². The number of amides is 1. The summed E-state index contributed by atoms with van der Waals surface area (Å²) < 4.78 is 80.4. The molecule has 3 saturated heterocycles. The van der Waals surface area contributed by atoms with E-state index in [4.69, 9.17) is 11.6 Å². The van der Waals surface area contributed by atoms with Gasteiger partial charge in [0.1, 0.15) is 0 Å². The molecule has 2 unspecified atom stereocenters. The molecule has 4 rings (SSSR count). The Morgan fingerprint density at radius 2 is 1.61 bits per heavy atom. The molecular formula is C25H33ClF6N4O2. The van der Waals surface area contributed by atoms with Gasteiger partial charge in [0.15, 0.2) is 0 Å². The molecule has 6 nitrogen and oxygen atoms in total. The van der Waals surface area contributed by atoms with Gasteiger partial charge < -0.3 is 19.4 Å². The third-order valence-corrected chi connectivity index (χ3v) is 7.99. The molecule has 3 aliphatic heterocycles. The number of ether oxygens (including phenoxy) is 1. The smallest absolute Gasteiger partial charge is 0.426 e. The molecule has 0 bridgehead atoms. The van der Waals surface area contributed by atoms with E-state index in [1.807, 2.05) is 23.1 Å². The largest absolute Gasteiger partial charge is 0.434 e. The lowest BCUT2D eigenvalue weighted by atomic mass is 9.87. The minimum Gasteiger partial charge on any atom is -0.426 e. The van der Waals surface area contributed by atoms with Crippen molar-refractivity contribution in [1.82, 2.24) is 14.7 Å². The van der Waals surface area contributed by atoms with E-state index < -0.39 is 24.5 Å². The van der Waals surface area contributed by atoms with Crippen LogP contribution in [0.5, 0.6) is 0 Å². The molecule has 3 fully saturated rings. The first-order valence-electron chi connectivity index (χ1n) is 12.8. The Morgan fingerprint density at radius 1 is 0.974 bits per heavy atom. The van der Waals surface area contributed by atoms with Crippen LogP contribution in [0.2, 0.25) is 5.02 Å². The van der Waals surface area contributed by atoms with Crippen molar-refractivity contribution < 1.29 is 35.9 Å². The summed E-state index contributed by atoms with van der Waals surface area (Å²) in [6.45, 7) is 5.12. The highest BCUT2D eigenvalue weighted by atomic mass is 35.5. The lowest BCUT2D eigenvalue weighted by Crippen LogP contribution is -2.52. The van der Waals surface area contributed by atoms with Crippen LogP contribution in [0, 0.1) is 11.8 Å². The molecule has 38 heavy (non-hydrogen) atoms. The van der Waals surface area contributed by atoms with Gasteiger partial charge in [-0.3, -0.25) is 4.90 Å². The predicted molar refractivity (Wildman–Crippen MR) is 131 cm³/mol. The maximum absolute atomic E-state index is 12.8. The Balaban J connectivity index is 1.36. The van der Waals surface area contributed by atoms with Crippen LogP contribution in [0.1, 0.15) is 24.8 Å². The van der Waals surface area contributed by atoms with Crippen molar-refractivity contribution in [2.45, 2.75) is 44.3 Å². The molecule has 3 heterocycles. The number of rotatable bonds is 4. The minimum absolute atomic E-state index is 0.0372. The molecule has 2 atom stereocenters. The molecule has 214 valence electrons. The Hall–Kier alpha value is -1.92. The van der Waals surface area contributed by atoms with Crippen molar-refractivity contribution in [2.75, 3.05) is 64.3 Å². The van der Waals surface area contributed by atoms with Gasteiger partial charge in [0, 0.05) is 69.6 Å². The number of likely N-dealkylation sites (tertiary alicyclic amines) is 1. The van der Waals surface area contributed by atoms with E-state index in [1.54, 1.807) is 0 Å². The van der Waals surface area contributed by atoms with Crippen LogP contribution in [0.25, 0.3) is 0 Å². The topological polar surface area (TPSA) is 39.3 Å². The Morgan fingerprint density at radius 3 is 2.24 bits per heavy atom. The lowest BCUT2D eigenvalue weighted by molar-refractivity contribution is -0.308. The van der Waals surface area contributed by atoms with Gasteiger partial charge in [-0.25, -0.2) is 4.79 Å². The van der Waals surface area contributed by atoms with E-state index in [9.17, 15) is 31.1 Å². The number of alkyl halides is 6. The zero-order chi connectivity index (χ0) is 27.7. The molecule has 0 N–H and O–H groups in total. The van der Waals surface area contributed by atoms with Gasteiger partial charge in [0.25, 0.3) is 6.10 Å². The van der Waals surface area contributed by atoms with Gasteiger partial charge in [-0.1, -0.05) is 17.7 Å². The summed E-state index contributed by atoms with van der Waals surface area (Å²) in [6, 6.07) is 5.73. The molecule has 1 aromatic rings. The van der Waals surface area contributed by atoms with E-state index in [0.717, 1.165) is 61.1 Å². The summed E-state index contributed by atoms with van der Waals surface area (Å²) in [5.74, 6) is 1.42. The van der Waals surface area contributed by atoms with Crippen LogP contribution in [0.4, 0.5) is 36.8 Å². The molecule has 13 heteroatoms. The normalized spacial score (nSPS) is 24.3. The summed E-state index contributed by atoms with van der Waals surface area (Å²) >= 11 is 6.35. The molecule has 1 aromatic carbocycles. The van der Waals surface area contributed by atoms with E-state index >= 15 is 0 Å². The number of benzene rings is 1. The van der Waals surface area contributed by atoms with Gasteiger partial charge in [0.05, 0.1) is 0 Å². The summed E-state index contributed by atoms with van der Waals surface area (Å²) in [4.78, 5) is 19.8. The number of carbonyl (C=O) groups excluding carboxylic acids is 1. The van der Waals surface area contributed by atoms with Crippen LogP contribution in [-0.2, 0) is 11.3 Å². The Kier molecular flexibility index (Phi) is 8.93.